The van der Waals surface area contributed by atoms with Crippen molar-refractivity contribution in [2.24, 2.45) is 5.16 Å². The minimum absolute atomic E-state index is 0.0950. The van der Waals surface area contributed by atoms with Crippen molar-refractivity contribution in [3.8, 4) is 0 Å². The molecule has 1 rings (SSSR count). The van der Waals surface area contributed by atoms with Gasteiger partial charge in [0.1, 0.15) is 5.71 Å². The van der Waals surface area contributed by atoms with Crippen molar-refractivity contribution >= 4 is 11.5 Å². The molecular formula is C11H7F6NO2. The summed E-state index contributed by atoms with van der Waals surface area (Å²) in [6.45, 7) is 0.954. The van der Waals surface area contributed by atoms with Crippen molar-refractivity contribution in [3.05, 3.63) is 34.9 Å². The fourth-order valence-corrected chi connectivity index (χ4v) is 1.34. The van der Waals surface area contributed by atoms with Gasteiger partial charge in [0, 0.05) is 5.56 Å². The molecule has 9 heteroatoms. The molecule has 0 aliphatic rings. The Balaban J connectivity index is 3.50. The van der Waals surface area contributed by atoms with Crippen molar-refractivity contribution in [2.75, 3.05) is 0 Å². The molecule has 0 atom stereocenters. The Labute approximate surface area is 108 Å². The summed E-state index contributed by atoms with van der Waals surface area (Å²) < 4.78 is 75.1. The van der Waals surface area contributed by atoms with E-state index in [0.717, 1.165) is 6.92 Å². The monoisotopic (exact) mass is 299 g/mol. The molecule has 20 heavy (non-hydrogen) atoms. The summed E-state index contributed by atoms with van der Waals surface area (Å²) >= 11 is 0. The van der Waals surface area contributed by atoms with Crippen molar-refractivity contribution < 1.29 is 36.3 Å². The summed E-state index contributed by atoms with van der Waals surface area (Å²) in [6.07, 6.45) is -10.1. The van der Waals surface area contributed by atoms with Gasteiger partial charge in [0.15, 0.2) is 0 Å². The van der Waals surface area contributed by atoms with E-state index in [1.54, 1.807) is 0 Å². The lowest BCUT2D eigenvalue weighted by Crippen LogP contribution is -2.16. The predicted octanol–water partition coefficient (Wildman–Crippen LogP) is 3.76. The van der Waals surface area contributed by atoms with Gasteiger partial charge in [0.2, 0.25) is 5.78 Å². The van der Waals surface area contributed by atoms with Gasteiger partial charge < -0.3 is 5.21 Å². The van der Waals surface area contributed by atoms with Crippen LogP contribution in [0.3, 0.4) is 0 Å². The standard InChI is InChI=1S/C11H7F6NO2/c1-5(18-20)9(19)6-2-7(10(12,13)14)4-8(3-6)11(15,16)17/h2-4,20H,1H3/b18-5+. The molecule has 0 saturated carbocycles. The van der Waals surface area contributed by atoms with Crippen LogP contribution >= 0.6 is 0 Å². The maximum absolute atomic E-state index is 12.5. The smallest absolute Gasteiger partial charge is 0.411 e. The quantitative estimate of drug-likeness (QED) is 0.297. The van der Waals surface area contributed by atoms with E-state index < -0.39 is 40.5 Å². The molecule has 1 aromatic carbocycles. The van der Waals surface area contributed by atoms with Crippen molar-refractivity contribution in [3.63, 3.8) is 0 Å². The number of Topliss-reactive ketones (excluding diaryl/α,β-unsaturated/α-hetero) is 1. The van der Waals surface area contributed by atoms with Gasteiger partial charge in [-0.05, 0) is 25.1 Å². The van der Waals surface area contributed by atoms with E-state index in [1.807, 2.05) is 0 Å². The van der Waals surface area contributed by atoms with E-state index in [4.69, 9.17) is 5.21 Å². The summed E-state index contributed by atoms with van der Waals surface area (Å²) in [6, 6.07) is 0.445. The molecule has 0 amide bonds. The number of oxime groups is 1. The lowest BCUT2D eigenvalue weighted by atomic mass is 10.0. The van der Waals surface area contributed by atoms with E-state index in [0.29, 0.717) is 0 Å². The van der Waals surface area contributed by atoms with E-state index in [9.17, 15) is 31.1 Å². The topological polar surface area (TPSA) is 49.7 Å². The number of hydrogen-bond donors (Lipinski definition) is 1. The summed E-state index contributed by atoms with van der Waals surface area (Å²) in [5, 5.41) is 10.8. The molecule has 0 bridgehead atoms. The molecule has 1 N–H and O–H groups in total. The highest BCUT2D eigenvalue weighted by Crippen LogP contribution is 2.36. The van der Waals surface area contributed by atoms with E-state index >= 15 is 0 Å². The maximum atomic E-state index is 12.5. The number of hydrogen-bond acceptors (Lipinski definition) is 3. The van der Waals surface area contributed by atoms with Crippen LogP contribution in [0.15, 0.2) is 23.4 Å². The van der Waals surface area contributed by atoms with Crippen LogP contribution in [-0.2, 0) is 12.4 Å². The van der Waals surface area contributed by atoms with Crippen LogP contribution in [0.25, 0.3) is 0 Å². The Hall–Kier alpha value is -2.06. The molecule has 0 aliphatic heterocycles. The van der Waals surface area contributed by atoms with Gasteiger partial charge in [-0.3, -0.25) is 4.79 Å². The van der Waals surface area contributed by atoms with Crippen LogP contribution in [0.1, 0.15) is 28.4 Å². The van der Waals surface area contributed by atoms with Gasteiger partial charge in [0.05, 0.1) is 11.1 Å². The maximum Gasteiger partial charge on any atom is 0.416 e. The molecule has 3 nitrogen and oxygen atoms in total. The first kappa shape index (κ1) is 16.0. The van der Waals surface area contributed by atoms with Crippen LogP contribution in [-0.4, -0.2) is 16.7 Å². The van der Waals surface area contributed by atoms with Gasteiger partial charge in [-0.15, -0.1) is 0 Å². The lowest BCUT2D eigenvalue weighted by Gasteiger charge is -2.13. The second kappa shape index (κ2) is 5.14. The first-order valence-electron chi connectivity index (χ1n) is 4.99. The Morgan fingerprint density at radius 2 is 1.40 bits per heavy atom. The SMILES string of the molecule is C/C(=N\O)C(=O)c1cc(C(F)(F)F)cc(C(F)(F)F)c1. The van der Waals surface area contributed by atoms with Crippen LogP contribution in [0.2, 0.25) is 0 Å². The molecule has 0 aliphatic carbocycles. The molecule has 1 aromatic rings. The Morgan fingerprint density at radius 1 is 1.00 bits per heavy atom. The van der Waals surface area contributed by atoms with E-state index in [-0.39, 0.29) is 18.2 Å². The first-order valence-corrected chi connectivity index (χ1v) is 4.99. The number of benzene rings is 1. The molecule has 110 valence electrons. The minimum Gasteiger partial charge on any atom is -0.411 e. The zero-order valence-electron chi connectivity index (χ0n) is 9.80. The summed E-state index contributed by atoms with van der Waals surface area (Å²) in [7, 11) is 0. The van der Waals surface area contributed by atoms with Crippen molar-refractivity contribution in [2.45, 2.75) is 19.3 Å². The molecule has 0 unspecified atom stereocenters. The minimum atomic E-state index is -5.04. The van der Waals surface area contributed by atoms with Crippen LogP contribution in [0.4, 0.5) is 26.3 Å². The Bertz CT molecular complexity index is 527. The van der Waals surface area contributed by atoms with Crippen LogP contribution in [0.5, 0.6) is 0 Å². The highest BCUT2D eigenvalue weighted by Gasteiger charge is 2.37. The molecule has 0 saturated heterocycles. The number of rotatable bonds is 2. The zero-order valence-corrected chi connectivity index (χ0v) is 9.80. The molecule has 0 radical (unpaired) electrons. The Kier molecular flexibility index (Phi) is 4.11. The number of ketones is 1. The van der Waals surface area contributed by atoms with Crippen LogP contribution in [0, 0.1) is 0 Å². The van der Waals surface area contributed by atoms with Gasteiger partial charge in [0.25, 0.3) is 0 Å². The second-order valence-electron chi connectivity index (χ2n) is 3.81. The summed E-state index contributed by atoms with van der Waals surface area (Å²) in [5.41, 5.74) is -4.71. The van der Waals surface area contributed by atoms with Gasteiger partial charge in [-0.25, -0.2) is 0 Å². The fraction of sp³-hybridized carbons (Fsp3) is 0.273. The highest BCUT2D eigenvalue weighted by molar-refractivity contribution is 6.45. The van der Waals surface area contributed by atoms with Crippen molar-refractivity contribution in [1.29, 1.82) is 0 Å². The van der Waals surface area contributed by atoms with E-state index in [2.05, 4.69) is 5.16 Å². The number of halogens is 6. The predicted molar refractivity (Wildman–Crippen MR) is 55.7 cm³/mol. The summed E-state index contributed by atoms with van der Waals surface area (Å²) in [4.78, 5) is 11.5. The molecule has 0 heterocycles. The normalized spacial score (nSPS) is 13.4. The summed E-state index contributed by atoms with van der Waals surface area (Å²) in [5.74, 6) is -1.23. The molecule has 0 spiro atoms. The molecule has 0 aromatic heterocycles. The first-order chi connectivity index (χ1) is 8.96. The van der Waals surface area contributed by atoms with E-state index in [1.165, 1.54) is 0 Å². The largest absolute Gasteiger partial charge is 0.416 e. The average Bonchev–Trinajstić information content (AvgIpc) is 2.34. The fourth-order valence-electron chi connectivity index (χ4n) is 1.34. The number of nitrogens with zero attached hydrogens (tertiary/aromatic N) is 1. The van der Waals surface area contributed by atoms with Gasteiger partial charge in [-0.2, -0.15) is 26.3 Å². The third-order valence-corrected chi connectivity index (χ3v) is 2.33. The van der Waals surface area contributed by atoms with Gasteiger partial charge >= 0.3 is 12.4 Å². The highest BCUT2D eigenvalue weighted by atomic mass is 19.4. The Morgan fingerprint density at radius 3 is 1.70 bits per heavy atom. The zero-order chi connectivity index (χ0) is 15.7. The third kappa shape index (κ3) is 3.49. The lowest BCUT2D eigenvalue weighted by molar-refractivity contribution is -0.143. The molecule has 0 fully saturated rings. The number of carbonyl (C=O) groups excluding carboxylic acids is 1. The van der Waals surface area contributed by atoms with Gasteiger partial charge in [-0.1, -0.05) is 5.16 Å². The van der Waals surface area contributed by atoms with Crippen molar-refractivity contribution in [1.82, 2.24) is 0 Å². The molecular weight excluding hydrogens is 292 g/mol. The average molecular weight is 299 g/mol. The second-order valence-corrected chi connectivity index (χ2v) is 3.81. The number of alkyl halides is 6. The number of carbonyl (C=O) groups is 1. The third-order valence-electron chi connectivity index (χ3n) is 2.33. The van der Waals surface area contributed by atoms with Crippen LogP contribution < -0.4 is 0 Å².